The molecule has 0 atom stereocenters. The smallest absolute Gasteiger partial charge is 0.303 e. The van der Waals surface area contributed by atoms with Crippen molar-refractivity contribution in [1.82, 2.24) is 0 Å². The van der Waals surface area contributed by atoms with Gasteiger partial charge in [0, 0.05) is 6.42 Å². The number of carbonyl (C=O) groups is 1. The summed E-state index contributed by atoms with van der Waals surface area (Å²) in [5.41, 5.74) is 0. The van der Waals surface area contributed by atoms with Crippen LogP contribution in [0.2, 0.25) is 0 Å². The molecule has 0 radical (unpaired) electrons. The number of carboxylic acids is 1. The molecule has 0 rings (SSSR count). The Morgan fingerprint density at radius 2 is 1.18 bits per heavy atom. The highest BCUT2D eigenvalue weighted by Gasteiger charge is 1.92. The summed E-state index contributed by atoms with van der Waals surface area (Å²) in [6.45, 7) is 2.23. The predicted octanol–water partition coefficient (Wildman–Crippen LogP) is 6.22. The van der Waals surface area contributed by atoms with E-state index in [0.29, 0.717) is 0 Å². The van der Waals surface area contributed by atoms with E-state index in [0.717, 1.165) is 32.1 Å². The van der Waals surface area contributed by atoms with E-state index in [4.69, 9.17) is 5.11 Å². The first-order valence-electron chi connectivity index (χ1n) is 8.59. The van der Waals surface area contributed by atoms with Gasteiger partial charge in [-0.2, -0.15) is 0 Å². The Hall–Kier alpha value is -1.57. The summed E-state index contributed by atoms with van der Waals surface area (Å²) in [6.07, 6.45) is 27.3. The summed E-state index contributed by atoms with van der Waals surface area (Å²) < 4.78 is 0. The SMILES string of the molecule is CCCCCC=CCC=CCC=CC/C=C/CCCC(=O)O. The molecule has 0 saturated carbocycles. The number of aliphatic carboxylic acids is 1. The molecular formula is C20H32O2. The number of hydrogen-bond acceptors (Lipinski definition) is 1. The van der Waals surface area contributed by atoms with Crippen molar-refractivity contribution in [3.63, 3.8) is 0 Å². The fraction of sp³-hybridized carbons (Fsp3) is 0.550. The molecule has 0 aliphatic carbocycles. The van der Waals surface area contributed by atoms with Crippen molar-refractivity contribution < 1.29 is 9.90 Å². The molecule has 0 unspecified atom stereocenters. The number of allylic oxidation sites excluding steroid dienone is 8. The maximum absolute atomic E-state index is 10.3. The summed E-state index contributed by atoms with van der Waals surface area (Å²) in [6, 6.07) is 0. The first kappa shape index (κ1) is 20.4. The first-order chi connectivity index (χ1) is 10.8. The largest absolute Gasteiger partial charge is 0.481 e. The average molecular weight is 304 g/mol. The van der Waals surface area contributed by atoms with Crippen LogP contribution in [0.25, 0.3) is 0 Å². The molecule has 0 heterocycles. The van der Waals surface area contributed by atoms with Gasteiger partial charge < -0.3 is 5.11 Å². The third-order valence-corrected chi connectivity index (χ3v) is 3.22. The van der Waals surface area contributed by atoms with Gasteiger partial charge in [0.05, 0.1) is 0 Å². The maximum Gasteiger partial charge on any atom is 0.303 e. The first-order valence-corrected chi connectivity index (χ1v) is 8.59. The fourth-order valence-electron chi connectivity index (χ4n) is 1.93. The van der Waals surface area contributed by atoms with E-state index < -0.39 is 5.97 Å². The lowest BCUT2D eigenvalue weighted by atomic mass is 10.2. The zero-order valence-corrected chi connectivity index (χ0v) is 14.0. The van der Waals surface area contributed by atoms with Gasteiger partial charge in [-0.1, -0.05) is 68.4 Å². The van der Waals surface area contributed by atoms with Crippen LogP contribution >= 0.6 is 0 Å². The van der Waals surface area contributed by atoms with Crippen molar-refractivity contribution in [1.29, 1.82) is 0 Å². The van der Waals surface area contributed by atoms with E-state index in [1.54, 1.807) is 0 Å². The molecule has 0 aromatic heterocycles. The van der Waals surface area contributed by atoms with Gasteiger partial charge in [-0.25, -0.2) is 0 Å². The van der Waals surface area contributed by atoms with Gasteiger partial charge in [-0.05, 0) is 44.9 Å². The number of rotatable bonds is 14. The van der Waals surface area contributed by atoms with Crippen molar-refractivity contribution in [3.05, 3.63) is 48.6 Å². The highest BCUT2D eigenvalue weighted by Crippen LogP contribution is 2.01. The van der Waals surface area contributed by atoms with E-state index in [-0.39, 0.29) is 6.42 Å². The van der Waals surface area contributed by atoms with Crippen LogP contribution in [0.1, 0.15) is 71.1 Å². The Morgan fingerprint density at radius 3 is 1.64 bits per heavy atom. The summed E-state index contributed by atoms with van der Waals surface area (Å²) in [4.78, 5) is 10.3. The summed E-state index contributed by atoms with van der Waals surface area (Å²) in [5.74, 6) is -0.712. The van der Waals surface area contributed by atoms with Crippen LogP contribution in [-0.2, 0) is 4.79 Å². The summed E-state index contributed by atoms with van der Waals surface area (Å²) >= 11 is 0. The van der Waals surface area contributed by atoms with E-state index >= 15 is 0 Å². The van der Waals surface area contributed by atoms with E-state index in [1.807, 2.05) is 0 Å². The summed E-state index contributed by atoms with van der Waals surface area (Å²) in [7, 11) is 0. The maximum atomic E-state index is 10.3. The van der Waals surface area contributed by atoms with E-state index in [9.17, 15) is 4.79 Å². The van der Waals surface area contributed by atoms with Crippen molar-refractivity contribution in [2.75, 3.05) is 0 Å². The van der Waals surface area contributed by atoms with Crippen LogP contribution < -0.4 is 0 Å². The lowest BCUT2D eigenvalue weighted by molar-refractivity contribution is -0.137. The quantitative estimate of drug-likeness (QED) is 0.305. The van der Waals surface area contributed by atoms with E-state index in [1.165, 1.54) is 25.7 Å². The Kier molecular flexibility index (Phi) is 16.2. The second-order valence-corrected chi connectivity index (χ2v) is 5.37. The van der Waals surface area contributed by atoms with Gasteiger partial charge >= 0.3 is 5.97 Å². The summed E-state index contributed by atoms with van der Waals surface area (Å²) in [5, 5.41) is 8.49. The molecule has 0 bridgehead atoms. The fourth-order valence-corrected chi connectivity index (χ4v) is 1.93. The van der Waals surface area contributed by atoms with Crippen LogP contribution in [0, 0.1) is 0 Å². The highest BCUT2D eigenvalue weighted by atomic mass is 16.4. The molecule has 1 N–H and O–H groups in total. The minimum atomic E-state index is -0.712. The molecule has 0 spiro atoms. The topological polar surface area (TPSA) is 37.3 Å². The molecule has 2 nitrogen and oxygen atoms in total. The Balaban J connectivity index is 3.40. The third-order valence-electron chi connectivity index (χ3n) is 3.22. The van der Waals surface area contributed by atoms with E-state index in [2.05, 4.69) is 55.5 Å². The monoisotopic (exact) mass is 304 g/mol. The van der Waals surface area contributed by atoms with Gasteiger partial charge in [-0.15, -0.1) is 0 Å². The number of carboxylic acid groups (broad SMARTS) is 1. The molecule has 0 aromatic carbocycles. The van der Waals surface area contributed by atoms with Crippen LogP contribution in [0.15, 0.2) is 48.6 Å². The second-order valence-electron chi connectivity index (χ2n) is 5.37. The highest BCUT2D eigenvalue weighted by molar-refractivity contribution is 5.66. The molecular weight excluding hydrogens is 272 g/mol. The predicted molar refractivity (Wildman–Crippen MR) is 96.0 cm³/mol. The molecule has 0 fully saturated rings. The Morgan fingerprint density at radius 1 is 0.727 bits per heavy atom. The second kappa shape index (κ2) is 17.5. The Labute approximate surface area is 136 Å². The molecule has 22 heavy (non-hydrogen) atoms. The molecule has 0 saturated heterocycles. The standard InChI is InChI=1S/C20H32O2/c1-2-3-4-5-6-7-8-9-10-11-12-13-14-15-16-17-18-19-20(21)22/h6-7,9-10,12-13,15-16H,2-5,8,11,14,17-19H2,1H3,(H,21,22)/b7-6?,10-9?,13-12?,16-15+. The van der Waals surface area contributed by atoms with Crippen molar-refractivity contribution >= 4 is 5.97 Å². The van der Waals surface area contributed by atoms with Crippen LogP contribution in [0.3, 0.4) is 0 Å². The zero-order chi connectivity index (χ0) is 16.3. The molecule has 0 aliphatic heterocycles. The molecule has 0 aromatic rings. The molecule has 0 amide bonds. The molecule has 0 aliphatic rings. The normalized spacial score (nSPS) is 12.4. The number of unbranched alkanes of at least 4 members (excludes halogenated alkanes) is 4. The molecule has 2 heteroatoms. The molecule has 124 valence electrons. The minimum absolute atomic E-state index is 0.262. The van der Waals surface area contributed by atoms with Gasteiger partial charge in [-0.3, -0.25) is 4.79 Å². The number of hydrogen-bond donors (Lipinski definition) is 1. The van der Waals surface area contributed by atoms with Crippen molar-refractivity contribution in [3.8, 4) is 0 Å². The van der Waals surface area contributed by atoms with Crippen LogP contribution in [-0.4, -0.2) is 11.1 Å². The van der Waals surface area contributed by atoms with Gasteiger partial charge in [0.1, 0.15) is 0 Å². The van der Waals surface area contributed by atoms with Crippen molar-refractivity contribution in [2.24, 2.45) is 0 Å². The zero-order valence-electron chi connectivity index (χ0n) is 14.0. The van der Waals surface area contributed by atoms with Crippen LogP contribution in [0.5, 0.6) is 0 Å². The van der Waals surface area contributed by atoms with Gasteiger partial charge in [0.15, 0.2) is 0 Å². The third kappa shape index (κ3) is 18.4. The lowest BCUT2D eigenvalue weighted by Crippen LogP contribution is -1.92. The van der Waals surface area contributed by atoms with Gasteiger partial charge in [0.2, 0.25) is 0 Å². The Bertz CT molecular complexity index is 362. The van der Waals surface area contributed by atoms with Crippen molar-refractivity contribution in [2.45, 2.75) is 71.1 Å². The average Bonchev–Trinajstić information content (AvgIpc) is 2.50. The minimum Gasteiger partial charge on any atom is -0.481 e. The lowest BCUT2D eigenvalue weighted by Gasteiger charge is -1.90. The van der Waals surface area contributed by atoms with Gasteiger partial charge in [0.25, 0.3) is 0 Å². The van der Waals surface area contributed by atoms with Crippen LogP contribution in [0.4, 0.5) is 0 Å².